The van der Waals surface area contributed by atoms with E-state index in [0.717, 1.165) is 16.7 Å². The van der Waals surface area contributed by atoms with Crippen LogP contribution < -0.4 is 5.32 Å². The van der Waals surface area contributed by atoms with E-state index in [9.17, 15) is 19.1 Å². The Morgan fingerprint density at radius 1 is 1.14 bits per heavy atom. The van der Waals surface area contributed by atoms with Crippen molar-refractivity contribution >= 4 is 23.3 Å². The average molecular weight is 503 g/mol. The minimum Gasteiger partial charge on any atom is -0.388 e. The molecule has 10 heteroatoms. The molecule has 1 fully saturated rings. The molecule has 0 bridgehead atoms. The highest BCUT2D eigenvalue weighted by atomic mass is 19.1. The molecule has 3 aromatic heterocycles. The first kappa shape index (κ1) is 24.5. The molecule has 2 amide bonds. The third kappa shape index (κ3) is 5.80. The second-order valence-electron chi connectivity index (χ2n) is 9.53. The number of nitrogens with one attached hydrogen (secondary N) is 1. The number of anilines is 1. The summed E-state index contributed by atoms with van der Waals surface area (Å²) in [5.41, 5.74) is 2.50. The van der Waals surface area contributed by atoms with E-state index in [4.69, 9.17) is 0 Å². The first-order chi connectivity index (χ1) is 17.8. The van der Waals surface area contributed by atoms with E-state index in [0.29, 0.717) is 43.0 Å². The van der Waals surface area contributed by atoms with Gasteiger partial charge in [-0.25, -0.2) is 13.9 Å². The third-order valence-corrected chi connectivity index (χ3v) is 6.42. The largest absolute Gasteiger partial charge is 0.388 e. The van der Waals surface area contributed by atoms with Crippen LogP contribution in [0.3, 0.4) is 0 Å². The molecule has 1 aliphatic rings. The van der Waals surface area contributed by atoms with Crippen LogP contribution in [0.5, 0.6) is 0 Å². The number of amides is 2. The van der Waals surface area contributed by atoms with Gasteiger partial charge >= 0.3 is 0 Å². The molecule has 9 nitrogen and oxygen atoms in total. The van der Waals surface area contributed by atoms with Crippen LogP contribution in [-0.2, 0) is 22.4 Å². The van der Waals surface area contributed by atoms with E-state index in [2.05, 4.69) is 20.4 Å². The fraction of sp³-hybridized carbons (Fsp3) is 0.296. The SMILES string of the molecule is CC(=O)Nc1cn2nc(-c3cncc(CC(=O)N4CCCC(O)(Cc5ccc(F)cc5)C4)c3)ccc2n1. The Balaban J connectivity index is 1.28. The number of carbonyl (C=O) groups excluding carboxylic acids is 2. The highest BCUT2D eigenvalue weighted by Crippen LogP contribution is 2.26. The Bertz CT molecular complexity index is 1450. The lowest BCUT2D eigenvalue weighted by Crippen LogP contribution is -2.51. The zero-order valence-electron chi connectivity index (χ0n) is 20.4. The van der Waals surface area contributed by atoms with Crippen LogP contribution >= 0.6 is 0 Å². The number of imidazole rings is 1. The molecule has 1 aliphatic heterocycles. The van der Waals surface area contributed by atoms with Crippen molar-refractivity contribution in [2.45, 2.75) is 38.2 Å². The van der Waals surface area contributed by atoms with E-state index in [1.54, 1.807) is 46.2 Å². The number of hydrogen-bond donors (Lipinski definition) is 2. The second kappa shape index (κ2) is 10.1. The number of fused-ring (bicyclic) bond motifs is 1. The predicted octanol–water partition coefficient (Wildman–Crippen LogP) is 3.03. The molecule has 190 valence electrons. The lowest BCUT2D eigenvalue weighted by molar-refractivity contribution is -0.137. The molecule has 37 heavy (non-hydrogen) atoms. The second-order valence-corrected chi connectivity index (χ2v) is 9.53. The molecular weight excluding hydrogens is 475 g/mol. The molecule has 1 atom stereocenters. The van der Waals surface area contributed by atoms with E-state index in [1.165, 1.54) is 19.1 Å². The summed E-state index contributed by atoms with van der Waals surface area (Å²) >= 11 is 0. The number of benzene rings is 1. The number of pyridine rings is 1. The smallest absolute Gasteiger partial charge is 0.227 e. The van der Waals surface area contributed by atoms with Crippen molar-refractivity contribution in [3.63, 3.8) is 0 Å². The maximum Gasteiger partial charge on any atom is 0.227 e. The fourth-order valence-corrected chi connectivity index (χ4v) is 4.74. The monoisotopic (exact) mass is 502 g/mol. The molecule has 4 heterocycles. The highest BCUT2D eigenvalue weighted by molar-refractivity contribution is 5.87. The molecule has 0 radical (unpaired) electrons. The molecule has 4 aromatic rings. The van der Waals surface area contributed by atoms with Gasteiger partial charge in [0.1, 0.15) is 5.82 Å². The minimum atomic E-state index is -1.05. The van der Waals surface area contributed by atoms with Crippen molar-refractivity contribution in [1.82, 2.24) is 24.5 Å². The summed E-state index contributed by atoms with van der Waals surface area (Å²) in [6.07, 6.45) is 6.74. The topological polar surface area (TPSA) is 113 Å². The van der Waals surface area contributed by atoms with Crippen LogP contribution in [0.2, 0.25) is 0 Å². The maximum atomic E-state index is 13.2. The van der Waals surface area contributed by atoms with Gasteiger partial charge in [-0.1, -0.05) is 12.1 Å². The van der Waals surface area contributed by atoms with Gasteiger partial charge in [0, 0.05) is 44.4 Å². The van der Waals surface area contributed by atoms with Crippen molar-refractivity contribution in [1.29, 1.82) is 0 Å². The lowest BCUT2D eigenvalue weighted by atomic mass is 9.86. The lowest BCUT2D eigenvalue weighted by Gasteiger charge is -2.39. The Kier molecular flexibility index (Phi) is 6.66. The summed E-state index contributed by atoms with van der Waals surface area (Å²) in [6.45, 7) is 2.22. The van der Waals surface area contributed by atoms with Crippen molar-refractivity contribution in [3.8, 4) is 11.3 Å². The van der Waals surface area contributed by atoms with E-state index in [1.807, 2.05) is 12.1 Å². The van der Waals surface area contributed by atoms with Crippen LogP contribution in [0, 0.1) is 5.82 Å². The number of aliphatic hydroxyl groups is 1. The van der Waals surface area contributed by atoms with Crippen molar-refractivity contribution in [2.24, 2.45) is 0 Å². The number of β-amino-alcohol motifs (C(OH)–C–C–N with tert-alkyl or cyclic N) is 1. The summed E-state index contributed by atoms with van der Waals surface area (Å²) in [5, 5.41) is 18.4. The van der Waals surface area contributed by atoms with Gasteiger partial charge in [0.2, 0.25) is 11.8 Å². The van der Waals surface area contributed by atoms with Gasteiger partial charge in [-0.2, -0.15) is 5.10 Å². The maximum absolute atomic E-state index is 13.2. The summed E-state index contributed by atoms with van der Waals surface area (Å²) in [6, 6.07) is 11.6. The fourth-order valence-electron chi connectivity index (χ4n) is 4.74. The van der Waals surface area contributed by atoms with Crippen LogP contribution in [0.1, 0.15) is 30.9 Å². The van der Waals surface area contributed by atoms with E-state index < -0.39 is 5.60 Å². The minimum absolute atomic E-state index is 0.0887. The van der Waals surface area contributed by atoms with Crippen molar-refractivity contribution in [2.75, 3.05) is 18.4 Å². The molecule has 0 saturated carbocycles. The highest BCUT2D eigenvalue weighted by Gasteiger charge is 2.35. The Labute approximate surface area is 213 Å². The van der Waals surface area contributed by atoms with Gasteiger partial charge in [0.05, 0.1) is 23.9 Å². The predicted molar refractivity (Wildman–Crippen MR) is 135 cm³/mol. The normalized spacial score (nSPS) is 17.6. The molecule has 0 aliphatic carbocycles. The molecule has 1 unspecified atom stereocenters. The molecule has 1 saturated heterocycles. The van der Waals surface area contributed by atoms with Crippen molar-refractivity contribution in [3.05, 3.63) is 78.0 Å². The first-order valence-electron chi connectivity index (χ1n) is 12.1. The van der Waals surface area contributed by atoms with Crippen LogP contribution in [-0.4, -0.2) is 60.1 Å². The number of halogens is 1. The van der Waals surface area contributed by atoms with Gasteiger partial charge in [-0.15, -0.1) is 0 Å². The summed E-state index contributed by atoms with van der Waals surface area (Å²) in [5.74, 6) is -0.209. The average Bonchev–Trinajstić information content (AvgIpc) is 3.26. The number of aromatic nitrogens is 4. The summed E-state index contributed by atoms with van der Waals surface area (Å²) in [7, 11) is 0. The summed E-state index contributed by atoms with van der Waals surface area (Å²) < 4.78 is 14.8. The molecule has 0 spiro atoms. The van der Waals surface area contributed by atoms with Crippen molar-refractivity contribution < 1.29 is 19.1 Å². The van der Waals surface area contributed by atoms with Gasteiger partial charge in [0.25, 0.3) is 0 Å². The van der Waals surface area contributed by atoms with Crippen LogP contribution in [0.4, 0.5) is 10.2 Å². The number of nitrogens with zero attached hydrogens (tertiary/aromatic N) is 5. The summed E-state index contributed by atoms with van der Waals surface area (Å²) in [4.78, 5) is 34.7. The van der Waals surface area contributed by atoms with Gasteiger partial charge < -0.3 is 15.3 Å². The molecular formula is C27H27FN6O3. The Hall–Kier alpha value is -4.18. The Morgan fingerprint density at radius 2 is 1.95 bits per heavy atom. The molecule has 1 aromatic carbocycles. The number of hydrogen-bond acceptors (Lipinski definition) is 6. The van der Waals surface area contributed by atoms with E-state index >= 15 is 0 Å². The zero-order chi connectivity index (χ0) is 26.0. The number of piperidine rings is 1. The molecule has 5 rings (SSSR count). The first-order valence-corrected chi connectivity index (χ1v) is 12.1. The van der Waals surface area contributed by atoms with Gasteiger partial charge in [0.15, 0.2) is 11.5 Å². The molecule has 2 N–H and O–H groups in total. The van der Waals surface area contributed by atoms with Gasteiger partial charge in [-0.05, 0) is 54.3 Å². The van der Waals surface area contributed by atoms with Crippen LogP contribution in [0.15, 0.2) is 61.1 Å². The Morgan fingerprint density at radius 3 is 2.73 bits per heavy atom. The number of carbonyl (C=O) groups is 2. The van der Waals surface area contributed by atoms with E-state index in [-0.39, 0.29) is 30.6 Å². The zero-order valence-corrected chi connectivity index (χ0v) is 20.4. The standard InChI is InChI=1S/C27H27FN6O3/c1-18(35)30-24-16-34-25(31-24)8-7-23(32-34)21-11-20(14-29-15-21)12-26(36)33-10-2-9-27(37,17-33)13-19-3-5-22(28)6-4-19/h3-8,11,14-16,37H,2,9-10,12-13,17H2,1H3,(H,30,35). The number of rotatable bonds is 6. The van der Waals surface area contributed by atoms with Crippen LogP contribution in [0.25, 0.3) is 16.9 Å². The number of likely N-dealkylation sites (tertiary alicyclic amines) is 1. The quantitative estimate of drug-likeness (QED) is 0.419. The van der Waals surface area contributed by atoms with Gasteiger partial charge in [-0.3, -0.25) is 14.6 Å². The third-order valence-electron chi connectivity index (χ3n) is 6.42.